The first-order valence-electron chi connectivity index (χ1n) is 21.8. The van der Waals surface area contributed by atoms with E-state index in [-0.39, 0.29) is 71.3 Å². The molecule has 32 nitrogen and oxygen atoms in total. The highest BCUT2D eigenvalue weighted by Crippen LogP contribution is 2.48. The Morgan fingerprint density at radius 2 is 1.59 bits per heavy atom. The summed E-state index contributed by atoms with van der Waals surface area (Å²) < 4.78 is 64.2. The van der Waals surface area contributed by atoms with Crippen LogP contribution >= 0.6 is 7.82 Å². The second-order valence-corrected chi connectivity index (χ2v) is 16.8. The summed E-state index contributed by atoms with van der Waals surface area (Å²) in [6, 6.07) is -2.16. The Labute approximate surface area is 404 Å². The van der Waals surface area contributed by atoms with Crippen LogP contribution in [0, 0.1) is 0 Å². The minimum absolute atomic E-state index is 0.0140. The van der Waals surface area contributed by atoms with Crippen LogP contribution < -0.4 is 42.7 Å². The van der Waals surface area contributed by atoms with Gasteiger partial charge in [-0.3, -0.25) is 23.2 Å². The number of aliphatic hydroxyl groups excluding tert-OH is 6. The van der Waals surface area contributed by atoms with Crippen molar-refractivity contribution in [3.63, 3.8) is 0 Å². The monoisotopic (exact) mass is 1050 g/mol. The van der Waals surface area contributed by atoms with Crippen molar-refractivity contribution in [2.75, 3.05) is 99.1 Å². The van der Waals surface area contributed by atoms with Crippen molar-refractivity contribution in [1.29, 1.82) is 0 Å². The van der Waals surface area contributed by atoms with Crippen LogP contribution in [0.25, 0.3) is 0 Å². The normalized spacial score (nSPS) is 25.2. The minimum Gasteiger partial charge on any atom is -0.756 e. The number of hydrogen-bond acceptors (Lipinski definition) is 27. The van der Waals surface area contributed by atoms with Crippen LogP contribution in [0.3, 0.4) is 0 Å². The summed E-state index contributed by atoms with van der Waals surface area (Å²) in [5.74, 6) is -8.41. The van der Waals surface area contributed by atoms with Gasteiger partial charge in [0.2, 0.25) is 17.6 Å². The largest absolute Gasteiger partial charge is 0.756 e. The van der Waals surface area contributed by atoms with E-state index in [1.54, 1.807) is 0 Å². The molecule has 0 radical (unpaired) electrons. The number of rotatable bonds is 32. The molecule has 2 fully saturated rings. The highest BCUT2D eigenvalue weighted by Gasteiger charge is 2.54. The molecule has 2 aliphatic rings. The summed E-state index contributed by atoms with van der Waals surface area (Å²) >= 11 is 0. The summed E-state index contributed by atoms with van der Waals surface area (Å²) in [7, 11) is -3.05. The molecule has 1 aromatic heterocycles. The Hall–Kier alpha value is -4.74. The number of ether oxygens (including phenoxy) is 8. The van der Waals surface area contributed by atoms with Crippen molar-refractivity contribution in [2.24, 2.45) is 0 Å². The number of nitrogens with two attached hydrogens (primary N) is 1. The molecule has 0 bridgehead atoms. The molecular formula is C38H62N7O25P-2. The summed E-state index contributed by atoms with van der Waals surface area (Å²) in [5, 5.41) is 84.8. The first-order chi connectivity index (χ1) is 33.7. The van der Waals surface area contributed by atoms with E-state index in [4.69, 9.17) is 52.7 Å². The third-order valence-electron chi connectivity index (χ3n) is 10.3. The first-order valence-corrected chi connectivity index (χ1v) is 23.3. The summed E-state index contributed by atoms with van der Waals surface area (Å²) in [5.41, 5.74) is 4.44. The predicted octanol–water partition coefficient (Wildman–Crippen LogP) is -7.83. The van der Waals surface area contributed by atoms with E-state index in [9.17, 15) is 74.0 Å². The summed E-state index contributed by atoms with van der Waals surface area (Å²) in [6.45, 7) is -2.23. The van der Waals surface area contributed by atoms with Crippen molar-refractivity contribution >= 4 is 43.6 Å². The van der Waals surface area contributed by atoms with Crippen molar-refractivity contribution < 1.29 is 116 Å². The Kier molecular flexibility index (Phi) is 25.9. The average molecular weight is 1050 g/mol. The van der Waals surface area contributed by atoms with Crippen LogP contribution in [0.15, 0.2) is 17.1 Å². The predicted molar refractivity (Wildman–Crippen MR) is 228 cm³/mol. The number of aliphatic hydroxyl groups is 6. The van der Waals surface area contributed by atoms with E-state index in [1.165, 1.54) is 14.2 Å². The number of carboxylic acids is 1. The molecule has 2 aliphatic heterocycles. The number of carbonyl (C=O) groups is 5. The number of phosphoric acid groups is 1. The molecule has 4 amide bonds. The van der Waals surface area contributed by atoms with Crippen molar-refractivity contribution in [1.82, 2.24) is 30.8 Å². The first kappa shape index (κ1) is 60.6. The van der Waals surface area contributed by atoms with Crippen molar-refractivity contribution in [3.8, 4) is 0 Å². The molecule has 12 N–H and O–H groups in total. The number of unbranched alkanes of at least 4 members (excludes halogenated alkanes) is 1. The molecule has 3 rings (SSSR count). The molecule has 33 heteroatoms. The van der Waals surface area contributed by atoms with Gasteiger partial charge in [0.15, 0.2) is 6.23 Å². The molecule has 12 atom stereocenters. The Balaban J connectivity index is 1.66. The van der Waals surface area contributed by atoms with E-state index in [0.29, 0.717) is 13.2 Å². The number of phosphoric ester groups is 1. The Morgan fingerprint density at radius 1 is 0.958 bits per heavy atom. The van der Waals surface area contributed by atoms with Crippen LogP contribution in [0.2, 0.25) is 0 Å². The lowest BCUT2D eigenvalue weighted by atomic mass is 9.88. The second kappa shape index (κ2) is 30.3. The number of nitrogen functional groups attached to an aromatic ring is 1. The number of carboxylic acid groups (broad SMARTS) is 1. The highest BCUT2D eigenvalue weighted by molar-refractivity contribution is 7.45. The molecule has 1 aromatic rings. The van der Waals surface area contributed by atoms with Gasteiger partial charge < -0.3 is 115 Å². The fraction of sp³-hybridized carbons (Fsp3) is 0.763. The minimum atomic E-state index is -6.01. The lowest BCUT2D eigenvalue weighted by Crippen LogP contribution is -2.70. The van der Waals surface area contributed by atoms with Crippen LogP contribution in [-0.4, -0.2) is 224 Å². The molecule has 406 valence electrons. The number of amides is 4. The topological polar surface area (TPSA) is 471 Å². The maximum absolute atomic E-state index is 13.3. The lowest BCUT2D eigenvalue weighted by molar-refractivity contribution is -0.377. The number of nitrogens with one attached hydrogen (secondary N) is 4. The maximum atomic E-state index is 13.3. The number of alkyl carbamates (subject to hydrolysis) is 2. The smallest absolute Gasteiger partial charge is 0.407 e. The molecule has 2 saturated heterocycles. The van der Waals surface area contributed by atoms with E-state index < -0.39 is 136 Å². The van der Waals surface area contributed by atoms with Crippen LogP contribution in [0.4, 0.5) is 15.4 Å². The number of aromatic nitrogens is 2. The zero-order valence-corrected chi connectivity index (χ0v) is 39.5. The fourth-order valence-corrected chi connectivity index (χ4v) is 7.57. The van der Waals surface area contributed by atoms with Gasteiger partial charge in [0.25, 0.3) is 7.82 Å². The van der Waals surface area contributed by atoms with Crippen molar-refractivity contribution in [2.45, 2.75) is 92.5 Å². The molecule has 71 heavy (non-hydrogen) atoms. The molecule has 12 unspecified atom stereocenters. The van der Waals surface area contributed by atoms with E-state index in [0.717, 1.165) is 16.8 Å². The highest BCUT2D eigenvalue weighted by atomic mass is 31.2. The number of aliphatic carboxylic acids is 1. The summed E-state index contributed by atoms with van der Waals surface area (Å²) in [6.07, 6.45) is -18.1. The fourth-order valence-electron chi connectivity index (χ4n) is 6.64. The third-order valence-corrected chi connectivity index (χ3v) is 11.2. The van der Waals surface area contributed by atoms with Gasteiger partial charge in [0.05, 0.1) is 71.5 Å². The molecule has 0 spiro atoms. The standard InChI is InChI=1S/C38H64N7O25P/c1-61-9-11-63-13-15-65-36(57)40-7-4-3-5-21(42-37(58)66-16-14-64-12-10-62-2)32(53)41-18-26(49)44-27-22(47)17-38(34(54)55,69-31(27)28(50)23(48)19-46)70-71(59,60)67-20-24-29(51)30(52)33(68-24)45-8-6-25(39)43-35(45)56/h6,8,21-24,27-31,33,46-48,50-52H,3-5,7,9-20H2,1-2H3,(H,40,57)(H,41,53)(H,42,58)(H,44,49)(H,54,55)(H,59,60)(H2,39,43,56)/p-2. The van der Waals surface area contributed by atoms with Crippen LogP contribution in [0.5, 0.6) is 0 Å². The number of anilines is 1. The van der Waals surface area contributed by atoms with Gasteiger partial charge >= 0.3 is 17.9 Å². The average Bonchev–Trinajstić information content (AvgIpc) is 3.60. The number of hydrogen-bond donors (Lipinski definition) is 11. The maximum Gasteiger partial charge on any atom is 0.407 e. The molecule has 0 aromatic carbocycles. The van der Waals surface area contributed by atoms with E-state index in [1.807, 2.05) is 0 Å². The number of nitrogens with zero attached hydrogens (tertiary/aromatic N) is 2. The van der Waals surface area contributed by atoms with Gasteiger partial charge in [-0.15, -0.1) is 0 Å². The number of carbonyl (C=O) groups excluding carboxylic acids is 5. The number of methoxy groups -OCH3 is 2. The van der Waals surface area contributed by atoms with Crippen LogP contribution in [-0.2, 0) is 65.9 Å². The van der Waals surface area contributed by atoms with Crippen LogP contribution in [0.1, 0.15) is 31.9 Å². The third kappa shape index (κ3) is 19.7. The van der Waals surface area contributed by atoms with E-state index in [2.05, 4.69) is 26.3 Å². The quantitative estimate of drug-likeness (QED) is 0.0236. The van der Waals surface area contributed by atoms with Gasteiger partial charge in [-0.1, -0.05) is 0 Å². The Morgan fingerprint density at radius 3 is 2.20 bits per heavy atom. The van der Waals surface area contributed by atoms with Gasteiger partial charge in [0.1, 0.15) is 67.7 Å². The molecular weight excluding hydrogens is 985 g/mol. The lowest BCUT2D eigenvalue weighted by Gasteiger charge is -2.50. The Bertz CT molecular complexity index is 1960. The van der Waals surface area contributed by atoms with Gasteiger partial charge in [0, 0.05) is 33.4 Å². The van der Waals surface area contributed by atoms with Gasteiger partial charge in [-0.05, 0) is 25.3 Å². The molecule has 3 heterocycles. The van der Waals surface area contributed by atoms with Gasteiger partial charge in [-0.2, -0.15) is 4.98 Å². The van der Waals surface area contributed by atoms with E-state index >= 15 is 0 Å². The van der Waals surface area contributed by atoms with Crippen molar-refractivity contribution in [3.05, 3.63) is 22.7 Å². The SMILES string of the molecule is COCCOCCOC(=O)NCCCCC(NC(=O)OCCOCCOC)C(=O)NCC(=O)NC1C(O)CC(OP(=O)([O-])OCC2OC(n3ccc(N)nc3=O)C(O)C2O)(C(=O)[O-])OC1C(O)C(O)CO. The summed E-state index contributed by atoms with van der Waals surface area (Å²) in [4.78, 5) is 92.6. The zero-order chi connectivity index (χ0) is 52.7. The van der Waals surface area contributed by atoms with Gasteiger partial charge in [-0.25, -0.2) is 14.4 Å². The molecule has 0 aliphatic carbocycles. The molecule has 0 saturated carbocycles. The zero-order valence-electron chi connectivity index (χ0n) is 38.6. The second-order valence-electron chi connectivity index (χ2n) is 15.5.